The first-order valence-corrected chi connectivity index (χ1v) is 34.1. The summed E-state index contributed by atoms with van der Waals surface area (Å²) < 4.78 is 17.0. The van der Waals surface area contributed by atoms with Crippen molar-refractivity contribution in [1.82, 2.24) is 0 Å². The Bertz CT molecular complexity index is 1330. The van der Waals surface area contributed by atoms with E-state index in [2.05, 4.69) is 69.4 Å². The number of carbonyl (C=O) groups is 3. The van der Waals surface area contributed by atoms with Crippen LogP contribution in [0.2, 0.25) is 0 Å². The van der Waals surface area contributed by atoms with E-state index in [4.69, 9.17) is 14.2 Å². The highest BCUT2D eigenvalue weighted by Crippen LogP contribution is 2.18. The molecule has 0 aromatic heterocycles. The van der Waals surface area contributed by atoms with Crippen molar-refractivity contribution in [2.24, 2.45) is 0 Å². The van der Waals surface area contributed by atoms with Crippen LogP contribution in [0.4, 0.5) is 0 Å². The van der Waals surface area contributed by atoms with Crippen LogP contribution >= 0.6 is 0 Å². The lowest BCUT2D eigenvalue weighted by Gasteiger charge is -2.18. The van der Waals surface area contributed by atoms with Gasteiger partial charge in [0.15, 0.2) is 6.10 Å². The van der Waals surface area contributed by atoms with Crippen LogP contribution in [-0.4, -0.2) is 37.2 Å². The molecule has 0 N–H and O–H groups in total. The summed E-state index contributed by atoms with van der Waals surface area (Å²) in [5.41, 5.74) is 0. The van der Waals surface area contributed by atoms with E-state index in [0.717, 1.165) is 83.5 Å². The summed E-state index contributed by atoms with van der Waals surface area (Å²) >= 11 is 0. The zero-order valence-corrected chi connectivity index (χ0v) is 51.7. The number of carbonyl (C=O) groups excluding carboxylic acids is 3. The van der Waals surface area contributed by atoms with Crippen molar-refractivity contribution in [3.63, 3.8) is 0 Å². The minimum atomic E-state index is -0.772. The highest BCUT2D eigenvalue weighted by atomic mass is 16.6. The molecular weight excluding hydrogens is 949 g/mol. The van der Waals surface area contributed by atoms with Gasteiger partial charge in [0, 0.05) is 19.3 Å². The first-order chi connectivity index (χ1) is 38.0. The molecule has 0 aliphatic carbocycles. The molecule has 1 unspecified atom stereocenters. The van der Waals surface area contributed by atoms with E-state index in [1.165, 1.54) is 244 Å². The zero-order chi connectivity index (χ0) is 55.7. The van der Waals surface area contributed by atoms with E-state index < -0.39 is 6.10 Å². The molecule has 0 fully saturated rings. The highest BCUT2D eigenvalue weighted by molar-refractivity contribution is 5.71. The summed E-state index contributed by atoms with van der Waals surface area (Å²) in [6.45, 7) is 6.60. The maximum atomic E-state index is 12.9. The van der Waals surface area contributed by atoms with Crippen molar-refractivity contribution in [2.45, 2.75) is 374 Å². The van der Waals surface area contributed by atoms with Gasteiger partial charge in [-0.3, -0.25) is 14.4 Å². The Morgan fingerprint density at radius 2 is 0.506 bits per heavy atom. The Morgan fingerprint density at radius 3 is 0.792 bits per heavy atom. The van der Waals surface area contributed by atoms with Gasteiger partial charge in [-0.25, -0.2) is 0 Å². The number of unbranched alkanes of at least 4 members (excludes halogenated alkanes) is 44. The number of rotatable bonds is 63. The summed E-state index contributed by atoms with van der Waals surface area (Å²) in [6.07, 6.45) is 82.7. The molecular formula is C71H130O6. The van der Waals surface area contributed by atoms with Crippen molar-refractivity contribution in [1.29, 1.82) is 0 Å². The van der Waals surface area contributed by atoms with Gasteiger partial charge in [-0.2, -0.15) is 0 Å². The van der Waals surface area contributed by atoms with Gasteiger partial charge >= 0.3 is 17.9 Å². The largest absolute Gasteiger partial charge is 0.462 e. The van der Waals surface area contributed by atoms with Gasteiger partial charge in [0.25, 0.3) is 0 Å². The van der Waals surface area contributed by atoms with Gasteiger partial charge < -0.3 is 14.2 Å². The molecule has 0 spiro atoms. The molecule has 77 heavy (non-hydrogen) atoms. The summed E-state index contributed by atoms with van der Waals surface area (Å²) in [6, 6.07) is 0. The number of esters is 3. The van der Waals surface area contributed by atoms with E-state index in [0.29, 0.717) is 19.3 Å². The lowest BCUT2D eigenvalue weighted by atomic mass is 10.0. The van der Waals surface area contributed by atoms with Gasteiger partial charge in [0.2, 0.25) is 0 Å². The summed E-state index contributed by atoms with van der Waals surface area (Å²) in [7, 11) is 0. The van der Waals surface area contributed by atoms with Crippen LogP contribution in [0.15, 0.2) is 48.6 Å². The molecule has 0 bridgehead atoms. The summed E-state index contributed by atoms with van der Waals surface area (Å²) in [5.74, 6) is -0.844. The van der Waals surface area contributed by atoms with Crippen LogP contribution in [0.3, 0.4) is 0 Å². The summed E-state index contributed by atoms with van der Waals surface area (Å²) in [4.78, 5) is 38.4. The van der Waals surface area contributed by atoms with Crippen LogP contribution in [0, 0.1) is 0 Å². The predicted octanol–water partition coefficient (Wildman–Crippen LogP) is 23.3. The molecule has 0 aliphatic rings. The number of hydrogen-bond acceptors (Lipinski definition) is 6. The first-order valence-electron chi connectivity index (χ1n) is 34.1. The number of allylic oxidation sites excluding steroid dienone is 8. The first kappa shape index (κ1) is 74.4. The SMILES string of the molecule is CC/C=C\C/C=C\C/C=C\C/C=C\CCCCCCCCCCCCC(=O)OCC(COC(=O)CCCCCCCCCCCCCCCCC)OC(=O)CCCCCCCCCCCCCCCCCCCCCCC. The maximum Gasteiger partial charge on any atom is 0.306 e. The Hall–Kier alpha value is -2.63. The molecule has 6 nitrogen and oxygen atoms in total. The van der Waals surface area contributed by atoms with Crippen molar-refractivity contribution in [2.75, 3.05) is 13.2 Å². The van der Waals surface area contributed by atoms with Crippen molar-refractivity contribution >= 4 is 17.9 Å². The molecule has 450 valence electrons. The lowest BCUT2D eigenvalue weighted by molar-refractivity contribution is -0.167. The van der Waals surface area contributed by atoms with E-state index in [9.17, 15) is 14.4 Å². The molecule has 0 saturated heterocycles. The second-order valence-corrected chi connectivity index (χ2v) is 23.1. The van der Waals surface area contributed by atoms with Crippen LogP contribution in [-0.2, 0) is 28.6 Å². The van der Waals surface area contributed by atoms with Crippen molar-refractivity contribution < 1.29 is 28.6 Å². The van der Waals surface area contributed by atoms with Gasteiger partial charge in [-0.05, 0) is 57.8 Å². The monoisotopic (exact) mass is 1080 g/mol. The lowest BCUT2D eigenvalue weighted by Crippen LogP contribution is -2.30. The molecule has 0 aromatic carbocycles. The van der Waals surface area contributed by atoms with Gasteiger partial charge in [0.05, 0.1) is 0 Å². The van der Waals surface area contributed by atoms with Gasteiger partial charge in [0.1, 0.15) is 13.2 Å². The molecule has 0 saturated carbocycles. The van der Waals surface area contributed by atoms with Crippen LogP contribution < -0.4 is 0 Å². The Labute approximate surface area is 479 Å². The molecule has 1 atom stereocenters. The van der Waals surface area contributed by atoms with Gasteiger partial charge in [-0.15, -0.1) is 0 Å². The Balaban J connectivity index is 4.30. The van der Waals surface area contributed by atoms with Crippen LogP contribution in [0.25, 0.3) is 0 Å². The normalized spacial score (nSPS) is 12.3. The predicted molar refractivity (Wildman–Crippen MR) is 335 cm³/mol. The van der Waals surface area contributed by atoms with Crippen LogP contribution in [0.1, 0.15) is 367 Å². The molecule has 6 heteroatoms. The molecule has 0 aliphatic heterocycles. The molecule has 0 amide bonds. The minimum Gasteiger partial charge on any atom is -0.462 e. The average molecular weight is 1080 g/mol. The third kappa shape index (κ3) is 64.1. The fourth-order valence-corrected chi connectivity index (χ4v) is 10.3. The average Bonchev–Trinajstić information content (AvgIpc) is 3.43. The van der Waals surface area contributed by atoms with Crippen LogP contribution in [0.5, 0.6) is 0 Å². The third-order valence-corrected chi connectivity index (χ3v) is 15.3. The van der Waals surface area contributed by atoms with Gasteiger partial charge in [-0.1, -0.05) is 339 Å². The summed E-state index contributed by atoms with van der Waals surface area (Å²) in [5, 5.41) is 0. The third-order valence-electron chi connectivity index (χ3n) is 15.3. The van der Waals surface area contributed by atoms with E-state index in [1.807, 2.05) is 0 Å². The molecule has 0 rings (SSSR count). The fraction of sp³-hybridized carbons (Fsp3) is 0.845. The minimum absolute atomic E-state index is 0.0683. The standard InChI is InChI=1S/C71H130O6/c1-4-7-10-13-16-19-22-25-28-30-32-34-35-37-38-40-43-46-49-52-55-58-61-64-70(73)76-67-68(66-75-69(72)63-60-57-54-51-48-45-42-27-24-21-18-15-12-9-6-3)77-71(74)65-62-59-56-53-50-47-44-41-39-36-33-31-29-26-23-20-17-14-11-8-5-2/h7,10,16,19,25,28,32,34,68H,4-6,8-9,11-15,17-18,20-24,26-27,29-31,33,35-67H2,1-3H3/b10-7-,19-16-,28-25-,34-32-. The number of hydrogen-bond donors (Lipinski definition) is 0. The zero-order valence-electron chi connectivity index (χ0n) is 51.7. The number of ether oxygens (including phenoxy) is 3. The molecule has 0 heterocycles. The smallest absolute Gasteiger partial charge is 0.306 e. The van der Waals surface area contributed by atoms with Crippen molar-refractivity contribution in [3.05, 3.63) is 48.6 Å². The fourth-order valence-electron chi connectivity index (χ4n) is 10.3. The highest BCUT2D eigenvalue weighted by Gasteiger charge is 2.19. The molecule has 0 aromatic rings. The van der Waals surface area contributed by atoms with E-state index in [1.54, 1.807) is 0 Å². The Kier molecular flexibility index (Phi) is 63.6. The van der Waals surface area contributed by atoms with E-state index >= 15 is 0 Å². The Morgan fingerprint density at radius 1 is 0.273 bits per heavy atom. The topological polar surface area (TPSA) is 78.9 Å². The second-order valence-electron chi connectivity index (χ2n) is 23.1. The quantitative estimate of drug-likeness (QED) is 0.0261. The van der Waals surface area contributed by atoms with E-state index in [-0.39, 0.29) is 31.1 Å². The molecule has 0 radical (unpaired) electrons. The second kappa shape index (κ2) is 65.9. The maximum absolute atomic E-state index is 12.9. The van der Waals surface area contributed by atoms with Crippen molar-refractivity contribution in [3.8, 4) is 0 Å².